The molecule has 12 heteroatoms. The molecule has 9 nitrogen and oxygen atoms in total. The molecule has 2 aliphatic rings. The van der Waals surface area contributed by atoms with Crippen LogP contribution in [0.5, 0.6) is 5.75 Å². The molecule has 40 heavy (non-hydrogen) atoms. The normalized spacial score (nSPS) is 17.5. The number of ether oxygens (including phenoxy) is 1. The van der Waals surface area contributed by atoms with E-state index in [-0.39, 0.29) is 28.3 Å². The van der Waals surface area contributed by atoms with E-state index >= 15 is 4.39 Å². The SMILES string of the molecule is C=C(Nc1ccc(N2CCNCC2)cc1)/C(C(=O)N1CC(F)(F)C1)=C(\N=CN)Oc1ccc2[nH]c(C)cc2c1F. The maximum absolute atomic E-state index is 15.3. The standard InChI is InChI=1S/C28H30F3N7O2/c1-17-13-21-22(35-17)7-8-23(25(21)29)40-26(34-16-32)24(27(39)38-14-28(30,31)15-38)18(2)36-19-3-5-20(6-4-19)37-11-9-33-10-12-37/h3-8,13,16,33,35-36H,2,9-12,14-15H2,1H3,(H2,32,34)/b26-24-. The summed E-state index contributed by atoms with van der Waals surface area (Å²) in [5, 5.41) is 6.63. The summed E-state index contributed by atoms with van der Waals surface area (Å²) in [6.45, 7) is 7.75. The lowest BCUT2D eigenvalue weighted by Crippen LogP contribution is -2.59. The van der Waals surface area contributed by atoms with Gasteiger partial charge in [0.2, 0.25) is 5.88 Å². The number of nitrogens with zero attached hydrogens (tertiary/aromatic N) is 3. The Morgan fingerprint density at radius 3 is 2.52 bits per heavy atom. The van der Waals surface area contributed by atoms with Crippen molar-refractivity contribution in [2.75, 3.05) is 49.5 Å². The molecule has 5 rings (SSSR count). The van der Waals surface area contributed by atoms with Crippen molar-refractivity contribution >= 4 is 34.5 Å². The van der Waals surface area contributed by atoms with Crippen molar-refractivity contribution < 1.29 is 22.7 Å². The number of alkyl halides is 2. The van der Waals surface area contributed by atoms with E-state index in [0.29, 0.717) is 11.2 Å². The van der Waals surface area contributed by atoms with Gasteiger partial charge < -0.3 is 35.9 Å². The number of carbonyl (C=O) groups excluding carboxylic acids is 1. The minimum absolute atomic E-state index is 0.0229. The molecule has 5 N–H and O–H groups in total. The lowest BCUT2D eigenvalue weighted by Gasteiger charge is -2.39. The molecule has 0 aliphatic carbocycles. The third kappa shape index (κ3) is 5.62. The van der Waals surface area contributed by atoms with E-state index < -0.39 is 30.7 Å². The van der Waals surface area contributed by atoms with E-state index in [1.165, 1.54) is 6.07 Å². The zero-order valence-electron chi connectivity index (χ0n) is 21.9. The number of likely N-dealkylation sites (tertiary alicyclic amines) is 1. The van der Waals surface area contributed by atoms with Crippen LogP contribution in [0.25, 0.3) is 10.9 Å². The smallest absolute Gasteiger partial charge is 0.282 e. The molecule has 3 aromatic rings. The summed E-state index contributed by atoms with van der Waals surface area (Å²) in [6.07, 6.45) is 0.875. The molecule has 1 aromatic heterocycles. The first-order valence-corrected chi connectivity index (χ1v) is 12.8. The van der Waals surface area contributed by atoms with Gasteiger partial charge in [0.1, 0.15) is 5.57 Å². The zero-order valence-corrected chi connectivity index (χ0v) is 21.9. The van der Waals surface area contributed by atoms with Gasteiger partial charge in [0.15, 0.2) is 11.6 Å². The first kappa shape index (κ1) is 27.1. The third-order valence-electron chi connectivity index (χ3n) is 6.74. The molecule has 0 spiro atoms. The second-order valence-corrected chi connectivity index (χ2v) is 9.76. The number of hydrogen-bond acceptors (Lipinski definition) is 6. The number of piperazine rings is 1. The number of halogens is 3. The van der Waals surface area contributed by atoms with Crippen molar-refractivity contribution in [3.05, 3.63) is 77.7 Å². The minimum atomic E-state index is -3.00. The predicted octanol–water partition coefficient (Wildman–Crippen LogP) is 3.71. The number of amides is 1. The fraction of sp³-hybridized carbons (Fsp3) is 0.286. The van der Waals surface area contributed by atoms with Crippen molar-refractivity contribution in [1.82, 2.24) is 15.2 Å². The van der Waals surface area contributed by atoms with Crippen molar-refractivity contribution in [3.8, 4) is 5.75 Å². The van der Waals surface area contributed by atoms with Crippen molar-refractivity contribution in [1.29, 1.82) is 0 Å². The average Bonchev–Trinajstić information content (AvgIpc) is 3.31. The molecule has 210 valence electrons. The van der Waals surface area contributed by atoms with E-state index in [0.717, 1.165) is 48.8 Å². The van der Waals surface area contributed by atoms with E-state index in [9.17, 15) is 13.6 Å². The number of carbonyl (C=O) groups is 1. The van der Waals surface area contributed by atoms with Crippen LogP contribution in [0.3, 0.4) is 0 Å². The molecule has 1 amide bonds. The number of anilines is 2. The van der Waals surface area contributed by atoms with Crippen LogP contribution >= 0.6 is 0 Å². The Balaban J connectivity index is 1.47. The minimum Gasteiger partial charge on any atom is -0.435 e. The first-order valence-electron chi connectivity index (χ1n) is 12.8. The Morgan fingerprint density at radius 2 is 1.88 bits per heavy atom. The van der Waals surface area contributed by atoms with Crippen LogP contribution in [-0.4, -0.2) is 67.3 Å². The number of rotatable bonds is 8. The molecule has 0 atom stereocenters. The average molecular weight is 554 g/mol. The number of hydrogen-bond donors (Lipinski definition) is 4. The monoisotopic (exact) mass is 553 g/mol. The number of aliphatic imine (C=N–C) groups is 1. The van der Waals surface area contributed by atoms with E-state index in [1.807, 2.05) is 24.3 Å². The lowest BCUT2D eigenvalue weighted by atomic mass is 10.1. The maximum Gasteiger partial charge on any atom is 0.282 e. The molecule has 2 aromatic carbocycles. The summed E-state index contributed by atoms with van der Waals surface area (Å²) in [5.41, 5.74) is 8.25. The number of benzene rings is 2. The van der Waals surface area contributed by atoms with Crippen molar-refractivity contribution in [2.24, 2.45) is 10.7 Å². The summed E-state index contributed by atoms with van der Waals surface area (Å²) >= 11 is 0. The van der Waals surface area contributed by atoms with Crippen LogP contribution in [0.15, 0.2) is 71.2 Å². The number of aromatic amines is 1. The third-order valence-corrected chi connectivity index (χ3v) is 6.74. The molecule has 2 fully saturated rings. The fourth-order valence-corrected chi connectivity index (χ4v) is 4.76. The Labute approximate surface area is 229 Å². The number of nitrogens with two attached hydrogens (primary N) is 1. The largest absolute Gasteiger partial charge is 0.435 e. The molecule has 2 saturated heterocycles. The topological polar surface area (TPSA) is 111 Å². The van der Waals surface area contributed by atoms with Gasteiger partial charge in [0.25, 0.3) is 11.8 Å². The molecule has 0 unspecified atom stereocenters. The summed E-state index contributed by atoms with van der Waals surface area (Å²) in [6, 6.07) is 12.1. The summed E-state index contributed by atoms with van der Waals surface area (Å²) < 4.78 is 48.4. The Hall–Kier alpha value is -4.45. The highest BCUT2D eigenvalue weighted by molar-refractivity contribution is 6.00. The molecular weight excluding hydrogens is 523 g/mol. The second-order valence-electron chi connectivity index (χ2n) is 9.76. The molecule has 0 bridgehead atoms. The van der Waals surface area contributed by atoms with Crippen LogP contribution in [0.2, 0.25) is 0 Å². The van der Waals surface area contributed by atoms with Crippen molar-refractivity contribution in [3.63, 3.8) is 0 Å². The van der Waals surface area contributed by atoms with Crippen LogP contribution in [0.1, 0.15) is 5.69 Å². The van der Waals surface area contributed by atoms with Crippen molar-refractivity contribution in [2.45, 2.75) is 12.8 Å². The predicted molar refractivity (Wildman–Crippen MR) is 149 cm³/mol. The van der Waals surface area contributed by atoms with Gasteiger partial charge in [-0.05, 0) is 49.4 Å². The van der Waals surface area contributed by atoms with Crippen LogP contribution < -0.4 is 26.0 Å². The molecule has 0 saturated carbocycles. The molecular formula is C28H30F3N7O2. The summed E-state index contributed by atoms with van der Waals surface area (Å²) in [5.74, 6) is -5.10. The van der Waals surface area contributed by atoms with E-state index in [2.05, 4.69) is 32.1 Å². The number of aromatic nitrogens is 1. The first-order chi connectivity index (χ1) is 19.1. The van der Waals surface area contributed by atoms with Gasteiger partial charge in [-0.2, -0.15) is 0 Å². The van der Waals surface area contributed by atoms with Crippen LogP contribution in [0, 0.1) is 12.7 Å². The number of nitrogens with one attached hydrogen (secondary N) is 3. The number of aryl methyl sites for hydroxylation is 1. The number of fused-ring (bicyclic) bond motifs is 1. The van der Waals surface area contributed by atoms with Gasteiger partial charge >= 0.3 is 0 Å². The van der Waals surface area contributed by atoms with E-state index in [1.54, 1.807) is 19.1 Å². The molecule has 3 heterocycles. The van der Waals surface area contributed by atoms with Gasteiger partial charge in [0, 0.05) is 59.8 Å². The highest BCUT2D eigenvalue weighted by Gasteiger charge is 2.47. The van der Waals surface area contributed by atoms with E-state index in [4.69, 9.17) is 10.5 Å². The second kappa shape index (κ2) is 11.0. The Morgan fingerprint density at radius 1 is 1.18 bits per heavy atom. The number of H-pyrrole nitrogens is 1. The lowest BCUT2D eigenvalue weighted by molar-refractivity contribution is -0.161. The Bertz CT molecular complexity index is 1480. The quantitative estimate of drug-likeness (QED) is 0.111. The summed E-state index contributed by atoms with van der Waals surface area (Å²) in [4.78, 5) is 23.6. The van der Waals surface area contributed by atoms with Gasteiger partial charge in [-0.25, -0.2) is 18.2 Å². The highest BCUT2D eigenvalue weighted by Crippen LogP contribution is 2.33. The fourth-order valence-electron chi connectivity index (χ4n) is 4.76. The van der Waals surface area contributed by atoms with Gasteiger partial charge in [-0.3, -0.25) is 4.79 Å². The zero-order chi connectivity index (χ0) is 28.4. The molecule has 2 aliphatic heterocycles. The maximum atomic E-state index is 15.3. The van der Waals surface area contributed by atoms with Gasteiger partial charge in [0.05, 0.1) is 19.4 Å². The van der Waals surface area contributed by atoms with Gasteiger partial charge in [-0.1, -0.05) is 6.58 Å². The summed E-state index contributed by atoms with van der Waals surface area (Å²) in [7, 11) is 0. The van der Waals surface area contributed by atoms with Crippen LogP contribution in [0.4, 0.5) is 24.5 Å². The Kier molecular flexibility index (Phi) is 7.44. The molecule has 0 radical (unpaired) electrons. The van der Waals surface area contributed by atoms with Crippen LogP contribution in [-0.2, 0) is 4.79 Å². The highest BCUT2D eigenvalue weighted by atomic mass is 19.3. The van der Waals surface area contributed by atoms with Gasteiger partial charge in [-0.15, -0.1) is 0 Å².